The first-order chi connectivity index (χ1) is 16.5. The molecule has 2 aliphatic heterocycles. The molecule has 1 aliphatic carbocycles. The number of nitriles is 1. The van der Waals surface area contributed by atoms with Gasteiger partial charge in [0.2, 0.25) is 10.0 Å². The summed E-state index contributed by atoms with van der Waals surface area (Å²) in [5.41, 5.74) is 2.01. The fraction of sp³-hybridized carbons (Fsp3) is 0.500. The second kappa shape index (κ2) is 9.82. The van der Waals surface area contributed by atoms with Crippen LogP contribution >= 0.6 is 23.2 Å². The van der Waals surface area contributed by atoms with Crippen molar-refractivity contribution in [2.24, 2.45) is 5.41 Å². The molecule has 3 aliphatic rings. The lowest BCUT2D eigenvalue weighted by molar-refractivity contribution is -0.0531. The molecule has 2 saturated heterocycles. The van der Waals surface area contributed by atoms with Crippen molar-refractivity contribution in [3.05, 3.63) is 58.1 Å². The summed E-state index contributed by atoms with van der Waals surface area (Å²) >= 11 is 12.2. The summed E-state index contributed by atoms with van der Waals surface area (Å²) in [6, 6.07) is 13.9. The monoisotopic (exact) mass is 536 g/mol. The molecule has 0 spiro atoms. The van der Waals surface area contributed by atoms with Gasteiger partial charge in [-0.15, -0.1) is 11.6 Å². The Morgan fingerprint density at radius 3 is 2.40 bits per heavy atom. The van der Waals surface area contributed by atoms with Crippen molar-refractivity contribution in [2.45, 2.75) is 44.6 Å². The molecule has 6 nitrogen and oxygen atoms in total. The number of halogens is 2. The molecule has 3 fully saturated rings. The standard InChI is InChI=1S/C26H30Cl2N2O4S/c1-25(2,20-12-18(16-29)24(23(28)13-20)33-11-9-27)19-4-6-22(7-5-19)34-17-26-8-10-30(35(3,31)32)21(14-26)15-26/h4-7,12-13,21H,8-11,14-15,17H2,1-3H3. The van der Waals surface area contributed by atoms with Crippen molar-refractivity contribution in [1.82, 2.24) is 4.31 Å². The molecule has 2 bridgehead atoms. The second-order valence-corrected chi connectivity index (χ2v) is 12.8. The third-order valence-corrected chi connectivity index (χ3v) is 9.13. The molecular formula is C26H30Cl2N2O4S. The van der Waals surface area contributed by atoms with Gasteiger partial charge in [0, 0.05) is 23.4 Å². The molecular weight excluding hydrogens is 507 g/mol. The minimum absolute atomic E-state index is 0.0710. The van der Waals surface area contributed by atoms with Crippen LogP contribution in [0.1, 0.15) is 49.8 Å². The SMILES string of the molecule is CC(C)(c1ccc(OCC23CCN(S(C)(=O)=O)C(C2)C3)cc1)c1cc(Cl)c(OCCCl)c(C#N)c1. The van der Waals surface area contributed by atoms with Crippen LogP contribution in [0.3, 0.4) is 0 Å². The van der Waals surface area contributed by atoms with Crippen LogP contribution < -0.4 is 9.47 Å². The van der Waals surface area contributed by atoms with Gasteiger partial charge >= 0.3 is 0 Å². The average molecular weight is 538 g/mol. The van der Waals surface area contributed by atoms with Gasteiger partial charge in [0.1, 0.15) is 18.4 Å². The molecule has 2 heterocycles. The normalized spacial score (nSPS) is 22.2. The Bertz CT molecular complexity index is 1230. The maximum atomic E-state index is 11.9. The van der Waals surface area contributed by atoms with E-state index < -0.39 is 15.4 Å². The molecule has 1 saturated carbocycles. The van der Waals surface area contributed by atoms with Crippen LogP contribution in [0.5, 0.6) is 11.5 Å². The Labute approximate surface area is 217 Å². The average Bonchev–Trinajstić information content (AvgIpc) is 2.80. The zero-order valence-electron chi connectivity index (χ0n) is 20.2. The number of nitrogens with zero attached hydrogens (tertiary/aromatic N) is 2. The van der Waals surface area contributed by atoms with Crippen molar-refractivity contribution in [3.8, 4) is 17.6 Å². The highest BCUT2D eigenvalue weighted by atomic mass is 35.5. The number of alkyl halides is 1. The van der Waals surface area contributed by atoms with Crippen LogP contribution in [0.15, 0.2) is 36.4 Å². The van der Waals surface area contributed by atoms with Crippen LogP contribution in [0.4, 0.5) is 0 Å². The lowest BCUT2D eigenvalue weighted by Crippen LogP contribution is -2.61. The summed E-state index contributed by atoms with van der Waals surface area (Å²) < 4.78 is 37.1. The number of fused-ring (bicyclic) bond motifs is 2. The van der Waals surface area contributed by atoms with Gasteiger partial charge in [-0.25, -0.2) is 8.42 Å². The van der Waals surface area contributed by atoms with E-state index in [0.29, 0.717) is 35.4 Å². The fourth-order valence-electron chi connectivity index (χ4n) is 5.20. The number of piperidine rings is 2. The zero-order valence-corrected chi connectivity index (χ0v) is 22.5. The maximum Gasteiger partial charge on any atom is 0.211 e. The van der Waals surface area contributed by atoms with Gasteiger partial charge in [-0.3, -0.25) is 0 Å². The van der Waals surface area contributed by atoms with Crippen LogP contribution in [-0.4, -0.2) is 50.7 Å². The molecule has 188 valence electrons. The van der Waals surface area contributed by atoms with Crippen LogP contribution in [-0.2, 0) is 15.4 Å². The van der Waals surface area contributed by atoms with Crippen LogP contribution in [0.25, 0.3) is 0 Å². The summed E-state index contributed by atoms with van der Waals surface area (Å²) in [6.45, 7) is 5.60. The summed E-state index contributed by atoms with van der Waals surface area (Å²) in [5.74, 6) is 1.45. The molecule has 0 N–H and O–H groups in total. The highest BCUT2D eigenvalue weighted by Gasteiger charge is 2.53. The predicted octanol–water partition coefficient (Wildman–Crippen LogP) is 5.35. The Balaban J connectivity index is 1.43. The van der Waals surface area contributed by atoms with Crippen LogP contribution in [0, 0.1) is 16.7 Å². The van der Waals surface area contributed by atoms with Crippen LogP contribution in [0.2, 0.25) is 5.02 Å². The van der Waals surface area contributed by atoms with E-state index in [1.54, 1.807) is 4.31 Å². The van der Waals surface area contributed by atoms with Gasteiger partial charge in [0.15, 0.2) is 5.75 Å². The molecule has 5 rings (SSSR count). The summed E-state index contributed by atoms with van der Waals surface area (Å²) in [5, 5.41) is 10.00. The fourth-order valence-corrected chi connectivity index (χ4v) is 6.66. The topological polar surface area (TPSA) is 79.6 Å². The third-order valence-electron chi connectivity index (χ3n) is 7.36. The van der Waals surface area contributed by atoms with E-state index in [2.05, 4.69) is 19.9 Å². The first-order valence-electron chi connectivity index (χ1n) is 11.6. The number of rotatable bonds is 9. The van der Waals surface area contributed by atoms with Gasteiger partial charge in [0.25, 0.3) is 0 Å². The molecule has 0 amide bonds. The minimum atomic E-state index is -3.13. The number of hydrogen-bond acceptors (Lipinski definition) is 5. The Morgan fingerprint density at radius 2 is 1.86 bits per heavy atom. The molecule has 0 atom stereocenters. The minimum Gasteiger partial charge on any atom is -0.493 e. The predicted molar refractivity (Wildman–Crippen MR) is 138 cm³/mol. The van der Waals surface area contributed by atoms with Crippen molar-refractivity contribution in [3.63, 3.8) is 0 Å². The Morgan fingerprint density at radius 1 is 1.17 bits per heavy atom. The first kappa shape index (κ1) is 26.1. The molecule has 2 aromatic carbocycles. The molecule has 0 unspecified atom stereocenters. The van der Waals surface area contributed by atoms with E-state index in [1.165, 1.54) is 6.26 Å². The van der Waals surface area contributed by atoms with Gasteiger partial charge < -0.3 is 9.47 Å². The van der Waals surface area contributed by atoms with Gasteiger partial charge in [-0.2, -0.15) is 9.57 Å². The number of benzene rings is 2. The van der Waals surface area contributed by atoms with E-state index in [1.807, 2.05) is 36.4 Å². The highest BCUT2D eigenvalue weighted by molar-refractivity contribution is 7.88. The first-order valence-corrected chi connectivity index (χ1v) is 14.4. The van der Waals surface area contributed by atoms with Gasteiger partial charge in [-0.1, -0.05) is 37.6 Å². The summed E-state index contributed by atoms with van der Waals surface area (Å²) in [4.78, 5) is 0. The van der Waals surface area contributed by atoms with E-state index in [9.17, 15) is 13.7 Å². The molecule has 35 heavy (non-hydrogen) atoms. The maximum absolute atomic E-state index is 11.9. The zero-order chi connectivity index (χ0) is 25.4. The highest BCUT2D eigenvalue weighted by Crippen LogP contribution is 2.51. The van der Waals surface area contributed by atoms with Crippen molar-refractivity contribution in [2.75, 3.05) is 31.9 Å². The lowest BCUT2D eigenvalue weighted by Gasteiger charge is -2.56. The van der Waals surface area contributed by atoms with Crippen molar-refractivity contribution >= 4 is 33.2 Å². The second-order valence-electron chi connectivity index (χ2n) is 10.1. The Kier molecular flexibility index (Phi) is 7.32. The smallest absolute Gasteiger partial charge is 0.211 e. The molecule has 2 aromatic rings. The molecule has 0 radical (unpaired) electrons. The Hall–Kier alpha value is -1.98. The lowest BCUT2D eigenvalue weighted by atomic mass is 9.61. The van der Waals surface area contributed by atoms with Crippen molar-refractivity contribution in [1.29, 1.82) is 5.26 Å². The van der Waals surface area contributed by atoms with E-state index in [-0.39, 0.29) is 18.1 Å². The summed E-state index contributed by atoms with van der Waals surface area (Å²) in [6.07, 6.45) is 3.83. The molecule has 0 aromatic heterocycles. The van der Waals surface area contributed by atoms with E-state index in [0.717, 1.165) is 36.1 Å². The number of hydrogen-bond donors (Lipinski definition) is 0. The summed E-state index contributed by atoms with van der Waals surface area (Å²) in [7, 11) is -3.13. The van der Waals surface area contributed by atoms with E-state index >= 15 is 0 Å². The van der Waals surface area contributed by atoms with Crippen molar-refractivity contribution < 1.29 is 17.9 Å². The number of ether oxygens (including phenoxy) is 2. The molecule has 9 heteroatoms. The largest absolute Gasteiger partial charge is 0.493 e. The van der Waals surface area contributed by atoms with Gasteiger partial charge in [-0.05, 0) is 54.7 Å². The van der Waals surface area contributed by atoms with E-state index in [4.69, 9.17) is 32.7 Å². The third kappa shape index (κ3) is 5.27. The van der Waals surface area contributed by atoms with Gasteiger partial charge in [0.05, 0.1) is 29.3 Å². The number of sulfonamides is 1. The quantitative estimate of drug-likeness (QED) is 0.403.